The van der Waals surface area contributed by atoms with Gasteiger partial charge in [0.1, 0.15) is 17.3 Å². The minimum absolute atomic E-state index is 0.643. The molecule has 1 aliphatic heterocycles. The Labute approximate surface area is 150 Å². The Balaban J connectivity index is 1.92. The summed E-state index contributed by atoms with van der Waals surface area (Å²) in [5.41, 5.74) is 4.30. The molecule has 25 heavy (non-hydrogen) atoms. The van der Waals surface area contributed by atoms with Gasteiger partial charge in [-0.1, -0.05) is 36.4 Å². The van der Waals surface area contributed by atoms with Crippen molar-refractivity contribution in [2.75, 3.05) is 31.2 Å². The molecule has 0 N–H and O–H groups in total. The van der Waals surface area contributed by atoms with Crippen LogP contribution >= 0.6 is 11.3 Å². The molecule has 0 atom stereocenters. The van der Waals surface area contributed by atoms with Gasteiger partial charge in [0.25, 0.3) is 0 Å². The number of pyridine rings is 1. The first-order valence-corrected chi connectivity index (χ1v) is 9.12. The fraction of sp³-hybridized carbons (Fsp3) is 0.200. The lowest BCUT2D eigenvalue weighted by atomic mass is 10.0. The van der Waals surface area contributed by atoms with Crippen LogP contribution in [0.1, 0.15) is 5.56 Å². The molecule has 0 amide bonds. The Morgan fingerprint density at radius 1 is 1.08 bits per heavy atom. The highest BCUT2D eigenvalue weighted by atomic mass is 32.1. The van der Waals surface area contributed by atoms with Gasteiger partial charge in [0.05, 0.1) is 29.5 Å². The van der Waals surface area contributed by atoms with Gasteiger partial charge in [-0.05, 0) is 17.5 Å². The summed E-state index contributed by atoms with van der Waals surface area (Å²) in [6.45, 7) is 2.94. The summed E-state index contributed by atoms with van der Waals surface area (Å²) >= 11 is 1.61. The van der Waals surface area contributed by atoms with Crippen molar-refractivity contribution in [3.05, 3.63) is 59.5 Å². The van der Waals surface area contributed by atoms with Crippen LogP contribution in [0.4, 0.5) is 5.69 Å². The molecule has 0 bridgehead atoms. The molecule has 2 aromatic heterocycles. The van der Waals surface area contributed by atoms with E-state index in [1.54, 1.807) is 11.3 Å². The summed E-state index contributed by atoms with van der Waals surface area (Å²) in [7, 11) is 0. The molecule has 0 spiro atoms. The second-order valence-electron chi connectivity index (χ2n) is 5.80. The number of rotatable bonds is 3. The van der Waals surface area contributed by atoms with E-state index in [-0.39, 0.29) is 0 Å². The molecule has 3 heterocycles. The van der Waals surface area contributed by atoms with Crippen molar-refractivity contribution < 1.29 is 4.74 Å². The fourth-order valence-corrected chi connectivity index (χ4v) is 3.76. The third-order valence-electron chi connectivity index (χ3n) is 4.29. The van der Waals surface area contributed by atoms with E-state index in [9.17, 15) is 5.26 Å². The normalized spacial score (nSPS) is 14.3. The molecule has 124 valence electrons. The zero-order valence-corrected chi connectivity index (χ0v) is 14.5. The second kappa shape index (κ2) is 7.06. The van der Waals surface area contributed by atoms with E-state index < -0.39 is 0 Å². The fourth-order valence-electron chi connectivity index (χ4n) is 3.04. The van der Waals surface area contributed by atoms with Crippen LogP contribution in [-0.2, 0) is 4.74 Å². The molecular weight excluding hydrogens is 330 g/mol. The van der Waals surface area contributed by atoms with Gasteiger partial charge in [0.2, 0.25) is 0 Å². The van der Waals surface area contributed by atoms with E-state index in [1.165, 1.54) is 0 Å². The monoisotopic (exact) mass is 347 g/mol. The highest BCUT2D eigenvalue weighted by molar-refractivity contribution is 7.13. The van der Waals surface area contributed by atoms with E-state index in [0.29, 0.717) is 18.8 Å². The number of nitrogens with zero attached hydrogens (tertiary/aromatic N) is 3. The first-order valence-electron chi connectivity index (χ1n) is 8.24. The molecule has 0 saturated carbocycles. The quantitative estimate of drug-likeness (QED) is 0.713. The van der Waals surface area contributed by atoms with E-state index >= 15 is 0 Å². The Bertz CT molecular complexity index is 895. The third-order valence-corrected chi connectivity index (χ3v) is 5.16. The molecule has 4 nitrogen and oxygen atoms in total. The average molecular weight is 347 g/mol. The Hall–Kier alpha value is -2.68. The number of aromatic nitrogens is 1. The molecular formula is C20H17N3OS. The molecule has 3 aromatic rings. The van der Waals surface area contributed by atoms with Gasteiger partial charge < -0.3 is 9.64 Å². The van der Waals surface area contributed by atoms with E-state index in [2.05, 4.69) is 23.1 Å². The maximum Gasteiger partial charge on any atom is 0.104 e. The van der Waals surface area contributed by atoms with Crippen LogP contribution in [0.5, 0.6) is 0 Å². The topological polar surface area (TPSA) is 49.2 Å². The number of ether oxygens (including phenoxy) is 1. The summed E-state index contributed by atoms with van der Waals surface area (Å²) < 4.78 is 5.47. The van der Waals surface area contributed by atoms with Crippen molar-refractivity contribution in [3.8, 4) is 27.9 Å². The SMILES string of the molecule is N#Cc1c(N2CCOCC2)cc(-c2ccccc2)nc1-c1cccs1. The zero-order chi connectivity index (χ0) is 17.1. The van der Waals surface area contributed by atoms with Crippen LogP contribution in [0.25, 0.3) is 21.8 Å². The van der Waals surface area contributed by atoms with Gasteiger partial charge in [-0.3, -0.25) is 0 Å². The molecule has 1 aliphatic rings. The van der Waals surface area contributed by atoms with Gasteiger partial charge in [0.15, 0.2) is 0 Å². The molecule has 0 aliphatic carbocycles. The zero-order valence-electron chi connectivity index (χ0n) is 13.7. The van der Waals surface area contributed by atoms with Crippen molar-refractivity contribution in [1.82, 2.24) is 4.98 Å². The largest absolute Gasteiger partial charge is 0.378 e. The van der Waals surface area contributed by atoms with Crippen molar-refractivity contribution in [3.63, 3.8) is 0 Å². The Kier molecular flexibility index (Phi) is 4.47. The number of benzene rings is 1. The number of thiophene rings is 1. The van der Waals surface area contributed by atoms with E-state index in [4.69, 9.17) is 9.72 Å². The van der Waals surface area contributed by atoms with Gasteiger partial charge in [-0.25, -0.2) is 4.98 Å². The van der Waals surface area contributed by atoms with Crippen LogP contribution in [-0.4, -0.2) is 31.3 Å². The lowest BCUT2D eigenvalue weighted by Gasteiger charge is -2.30. The highest BCUT2D eigenvalue weighted by Gasteiger charge is 2.21. The summed E-state index contributed by atoms with van der Waals surface area (Å²) in [4.78, 5) is 8.09. The average Bonchev–Trinajstić information content (AvgIpc) is 3.23. The predicted molar refractivity (Wildman–Crippen MR) is 101 cm³/mol. The van der Waals surface area contributed by atoms with Crippen molar-refractivity contribution in [2.45, 2.75) is 0 Å². The first-order chi connectivity index (χ1) is 12.4. The summed E-state index contributed by atoms with van der Waals surface area (Å²) in [5, 5.41) is 11.9. The van der Waals surface area contributed by atoms with Crippen LogP contribution in [0.3, 0.4) is 0 Å². The van der Waals surface area contributed by atoms with Gasteiger partial charge in [-0.15, -0.1) is 11.3 Å². The number of anilines is 1. The number of hydrogen-bond donors (Lipinski definition) is 0. The molecule has 0 radical (unpaired) electrons. The second-order valence-corrected chi connectivity index (χ2v) is 6.75. The number of nitriles is 1. The summed E-state index contributed by atoms with van der Waals surface area (Å²) in [5.74, 6) is 0. The first kappa shape index (κ1) is 15.8. The molecule has 1 aromatic carbocycles. The standard InChI is InChI=1S/C20H17N3OS/c21-14-16-18(23-8-10-24-11-9-23)13-17(15-5-2-1-3-6-15)22-20(16)19-7-4-12-25-19/h1-7,12-13H,8-11H2. The lowest BCUT2D eigenvalue weighted by Crippen LogP contribution is -2.36. The number of morpholine rings is 1. The van der Waals surface area contributed by atoms with Crippen molar-refractivity contribution in [1.29, 1.82) is 5.26 Å². The van der Waals surface area contributed by atoms with Crippen LogP contribution in [0, 0.1) is 11.3 Å². The third kappa shape index (κ3) is 3.14. The smallest absolute Gasteiger partial charge is 0.104 e. The Morgan fingerprint density at radius 2 is 1.88 bits per heavy atom. The van der Waals surface area contributed by atoms with Crippen molar-refractivity contribution in [2.24, 2.45) is 0 Å². The van der Waals surface area contributed by atoms with Crippen molar-refractivity contribution >= 4 is 17.0 Å². The predicted octanol–water partition coefficient (Wildman–Crippen LogP) is 4.19. The molecule has 1 fully saturated rings. The molecule has 0 unspecified atom stereocenters. The highest BCUT2D eigenvalue weighted by Crippen LogP contribution is 2.35. The molecule has 4 rings (SSSR count). The summed E-state index contributed by atoms with van der Waals surface area (Å²) in [6.07, 6.45) is 0. The van der Waals surface area contributed by atoms with E-state index in [1.807, 2.05) is 41.8 Å². The van der Waals surface area contributed by atoms with Crippen LogP contribution in [0.15, 0.2) is 53.9 Å². The maximum atomic E-state index is 9.85. The molecule has 1 saturated heterocycles. The lowest BCUT2D eigenvalue weighted by molar-refractivity contribution is 0.122. The van der Waals surface area contributed by atoms with Crippen LogP contribution in [0.2, 0.25) is 0 Å². The molecule has 5 heteroatoms. The van der Waals surface area contributed by atoms with Gasteiger partial charge in [0, 0.05) is 18.7 Å². The maximum absolute atomic E-state index is 9.85. The number of hydrogen-bond acceptors (Lipinski definition) is 5. The van der Waals surface area contributed by atoms with Crippen LogP contribution < -0.4 is 4.90 Å². The Morgan fingerprint density at radius 3 is 2.56 bits per heavy atom. The minimum atomic E-state index is 0.643. The van der Waals surface area contributed by atoms with Gasteiger partial charge in [-0.2, -0.15) is 5.26 Å². The van der Waals surface area contributed by atoms with E-state index in [0.717, 1.165) is 40.6 Å². The minimum Gasteiger partial charge on any atom is -0.378 e. The summed E-state index contributed by atoms with van der Waals surface area (Å²) in [6, 6.07) is 18.6. The van der Waals surface area contributed by atoms with Gasteiger partial charge >= 0.3 is 0 Å².